The molecule has 2 aliphatic rings. The average molecular weight is 381 g/mol. The van der Waals surface area contributed by atoms with Gasteiger partial charge in [0, 0.05) is 30.6 Å². The van der Waals surface area contributed by atoms with Crippen molar-refractivity contribution in [2.24, 2.45) is 5.73 Å². The van der Waals surface area contributed by atoms with E-state index < -0.39 is 5.91 Å². The number of benzene rings is 1. The Hall–Kier alpha value is -2.12. The molecule has 4 rings (SSSR count). The largest absolute Gasteiger partial charge is 0.366 e. The molecule has 0 aliphatic carbocycles. The topological polar surface area (TPSA) is 66.6 Å². The highest BCUT2D eigenvalue weighted by molar-refractivity contribution is 7.20. The van der Waals surface area contributed by atoms with E-state index in [1.54, 1.807) is 6.07 Å². The van der Waals surface area contributed by atoms with Crippen molar-refractivity contribution >= 4 is 35.8 Å². The molecule has 0 saturated carbocycles. The third kappa shape index (κ3) is 3.30. The molecule has 1 aromatic heterocycles. The lowest BCUT2D eigenvalue weighted by Crippen LogP contribution is -2.45. The number of carbonyl (C=O) groups excluding carboxylic acids is 2. The molecule has 2 aromatic rings. The predicted molar refractivity (Wildman–Crippen MR) is 110 cm³/mol. The number of nitrogens with two attached hydrogens (primary N) is 1. The number of hydrogen-bond acceptors (Lipinski definition) is 4. The summed E-state index contributed by atoms with van der Waals surface area (Å²) in [6.45, 7) is 5.00. The summed E-state index contributed by atoms with van der Waals surface area (Å²) < 4.78 is 1.35. The van der Waals surface area contributed by atoms with Gasteiger partial charge in [0.2, 0.25) is 5.91 Å². The molecule has 1 atom stereocenters. The summed E-state index contributed by atoms with van der Waals surface area (Å²) >= 11 is 1.85. The van der Waals surface area contributed by atoms with Gasteiger partial charge in [-0.1, -0.05) is 18.2 Å². The first-order valence-electron chi connectivity index (χ1n) is 9.48. The van der Waals surface area contributed by atoms with Gasteiger partial charge in [0.15, 0.2) is 7.85 Å². The Balaban J connectivity index is 1.46. The van der Waals surface area contributed by atoms with Crippen LogP contribution in [0.1, 0.15) is 57.0 Å². The monoisotopic (exact) mass is 381 g/mol. The standard InChI is InChI=1S/C20H24BN3O2S/c1-12-15-3-2-4-16(19(22)25)18(15)20(26)24(12)13-7-9-23(10-8-13)11-14-5-6-17(21)27-14/h2-6,12-13H,7-11,21H2,1H3,(H2,22,25). The van der Waals surface area contributed by atoms with Gasteiger partial charge in [0.1, 0.15) is 0 Å². The van der Waals surface area contributed by atoms with Gasteiger partial charge < -0.3 is 10.6 Å². The van der Waals surface area contributed by atoms with E-state index in [-0.39, 0.29) is 18.0 Å². The number of carbonyl (C=O) groups is 2. The number of thiophene rings is 1. The molecule has 2 amide bonds. The number of piperidine rings is 1. The molecule has 0 bridgehead atoms. The third-order valence-electron chi connectivity index (χ3n) is 5.80. The molecule has 3 heterocycles. The first kappa shape index (κ1) is 18.3. The van der Waals surface area contributed by atoms with Gasteiger partial charge >= 0.3 is 0 Å². The van der Waals surface area contributed by atoms with E-state index in [4.69, 9.17) is 5.73 Å². The molecule has 27 heavy (non-hydrogen) atoms. The van der Waals surface area contributed by atoms with Crippen LogP contribution in [0, 0.1) is 0 Å². The number of nitrogens with zero attached hydrogens (tertiary/aromatic N) is 2. The molecule has 2 N–H and O–H groups in total. The third-order valence-corrected chi connectivity index (χ3v) is 6.79. The molecule has 2 aliphatic heterocycles. The number of rotatable bonds is 4. The minimum atomic E-state index is -0.532. The van der Waals surface area contributed by atoms with E-state index in [0.717, 1.165) is 38.0 Å². The lowest BCUT2D eigenvalue weighted by molar-refractivity contribution is 0.0511. The van der Waals surface area contributed by atoms with Gasteiger partial charge in [-0.15, -0.1) is 0 Å². The highest BCUT2D eigenvalue weighted by Crippen LogP contribution is 2.38. The average Bonchev–Trinajstić information content (AvgIpc) is 3.17. The van der Waals surface area contributed by atoms with Gasteiger partial charge in [-0.05, 0) is 42.2 Å². The summed E-state index contributed by atoms with van der Waals surface area (Å²) in [5, 5.41) is 0. The van der Waals surface area contributed by atoms with Crippen molar-refractivity contribution in [3.8, 4) is 0 Å². The fourth-order valence-corrected chi connectivity index (χ4v) is 5.38. The lowest BCUT2D eigenvalue weighted by atomic mass is 9.99. The molecule has 1 saturated heterocycles. The Kier molecular flexibility index (Phi) is 4.82. The van der Waals surface area contributed by atoms with E-state index in [2.05, 4.69) is 31.8 Å². The normalized spacial score (nSPS) is 20.9. The highest BCUT2D eigenvalue weighted by atomic mass is 32.1. The Morgan fingerprint density at radius 1 is 1.26 bits per heavy atom. The van der Waals surface area contributed by atoms with Crippen molar-refractivity contribution in [1.29, 1.82) is 0 Å². The van der Waals surface area contributed by atoms with Crippen LogP contribution in [0.5, 0.6) is 0 Å². The van der Waals surface area contributed by atoms with Gasteiger partial charge in [-0.3, -0.25) is 14.5 Å². The number of hydrogen-bond donors (Lipinski definition) is 1. The van der Waals surface area contributed by atoms with E-state index in [9.17, 15) is 9.59 Å². The summed E-state index contributed by atoms with van der Waals surface area (Å²) in [6, 6.07) is 9.99. The Morgan fingerprint density at radius 3 is 2.63 bits per heavy atom. The first-order chi connectivity index (χ1) is 13.0. The smallest absolute Gasteiger partial charge is 0.255 e. The zero-order chi connectivity index (χ0) is 19.1. The molecule has 5 nitrogen and oxygen atoms in total. The second-order valence-corrected chi connectivity index (χ2v) is 8.91. The molecule has 1 fully saturated rings. The fraction of sp³-hybridized carbons (Fsp3) is 0.400. The number of likely N-dealkylation sites (tertiary alicyclic amines) is 1. The fourth-order valence-electron chi connectivity index (χ4n) is 4.45. The number of fused-ring (bicyclic) bond motifs is 1. The minimum Gasteiger partial charge on any atom is -0.366 e. The maximum Gasteiger partial charge on any atom is 0.255 e. The summed E-state index contributed by atoms with van der Waals surface area (Å²) in [5.41, 5.74) is 7.27. The van der Waals surface area contributed by atoms with Crippen LogP contribution in [0.25, 0.3) is 0 Å². The van der Waals surface area contributed by atoms with Crippen molar-refractivity contribution < 1.29 is 9.59 Å². The Labute approximate surface area is 164 Å². The molecular formula is C20H24BN3O2S. The lowest BCUT2D eigenvalue weighted by Gasteiger charge is -2.38. The van der Waals surface area contributed by atoms with Crippen LogP contribution in [-0.4, -0.2) is 48.6 Å². The minimum absolute atomic E-state index is 0.0108. The van der Waals surface area contributed by atoms with Crippen LogP contribution in [0.4, 0.5) is 0 Å². The summed E-state index contributed by atoms with van der Waals surface area (Å²) in [4.78, 5) is 30.7. The van der Waals surface area contributed by atoms with Gasteiger partial charge in [0.05, 0.1) is 17.2 Å². The van der Waals surface area contributed by atoms with E-state index in [1.807, 2.05) is 28.4 Å². The Morgan fingerprint density at radius 2 is 2.00 bits per heavy atom. The molecule has 1 aromatic carbocycles. The van der Waals surface area contributed by atoms with E-state index in [0.29, 0.717) is 11.1 Å². The summed E-state index contributed by atoms with van der Waals surface area (Å²) in [7, 11) is 2.14. The summed E-state index contributed by atoms with van der Waals surface area (Å²) in [6.07, 6.45) is 1.92. The zero-order valence-electron chi connectivity index (χ0n) is 15.8. The van der Waals surface area contributed by atoms with Crippen LogP contribution >= 0.6 is 11.3 Å². The Bertz CT molecular complexity index is 889. The molecular weight excluding hydrogens is 357 g/mol. The van der Waals surface area contributed by atoms with Crippen molar-refractivity contribution in [3.05, 3.63) is 51.9 Å². The van der Waals surface area contributed by atoms with Gasteiger partial charge in [-0.2, -0.15) is 11.3 Å². The van der Waals surface area contributed by atoms with Gasteiger partial charge in [-0.25, -0.2) is 0 Å². The van der Waals surface area contributed by atoms with Crippen LogP contribution in [0.2, 0.25) is 0 Å². The highest BCUT2D eigenvalue weighted by Gasteiger charge is 2.41. The van der Waals surface area contributed by atoms with Crippen LogP contribution < -0.4 is 10.5 Å². The summed E-state index contributed by atoms with van der Waals surface area (Å²) in [5.74, 6) is -0.574. The second kappa shape index (κ2) is 7.13. The quantitative estimate of drug-likeness (QED) is 0.812. The van der Waals surface area contributed by atoms with E-state index in [1.165, 1.54) is 9.65 Å². The van der Waals surface area contributed by atoms with Crippen LogP contribution in [0.15, 0.2) is 30.3 Å². The van der Waals surface area contributed by atoms with Gasteiger partial charge in [0.25, 0.3) is 5.91 Å². The molecule has 1 unspecified atom stereocenters. The number of primary amides is 1. The molecule has 140 valence electrons. The van der Waals surface area contributed by atoms with Crippen molar-refractivity contribution in [2.45, 2.75) is 38.4 Å². The van der Waals surface area contributed by atoms with Crippen molar-refractivity contribution in [2.75, 3.05) is 13.1 Å². The number of amides is 2. The molecule has 0 radical (unpaired) electrons. The zero-order valence-corrected chi connectivity index (χ0v) is 16.6. The second-order valence-electron chi connectivity index (χ2n) is 7.54. The van der Waals surface area contributed by atoms with E-state index >= 15 is 0 Å². The maximum atomic E-state index is 13.1. The van der Waals surface area contributed by atoms with Crippen LogP contribution in [0.3, 0.4) is 0 Å². The molecule has 7 heteroatoms. The predicted octanol–water partition coefficient (Wildman–Crippen LogP) is 1.29. The SMILES string of the molecule is Bc1ccc(CN2CCC(N3C(=O)c4c(C(N)=O)cccc4C3C)CC2)s1. The van der Waals surface area contributed by atoms with Crippen molar-refractivity contribution in [3.63, 3.8) is 0 Å². The van der Waals surface area contributed by atoms with Crippen LogP contribution in [-0.2, 0) is 6.54 Å². The molecule has 0 spiro atoms. The maximum absolute atomic E-state index is 13.1. The first-order valence-corrected chi connectivity index (χ1v) is 10.3. The van der Waals surface area contributed by atoms with Crippen molar-refractivity contribution in [1.82, 2.24) is 9.80 Å².